The molecule has 0 saturated heterocycles. The van der Waals surface area contributed by atoms with Crippen molar-refractivity contribution in [3.05, 3.63) is 65.7 Å². The third-order valence-electron chi connectivity index (χ3n) is 3.74. The summed E-state index contributed by atoms with van der Waals surface area (Å²) in [7, 11) is 0. The van der Waals surface area contributed by atoms with Crippen molar-refractivity contribution in [3.8, 4) is 0 Å². The highest BCUT2D eigenvalue weighted by Gasteiger charge is 2.03. The minimum absolute atomic E-state index is 0.0365. The number of carbonyl (C=O) groups excluding carboxylic acids is 1. The molecule has 2 aromatic rings. The lowest BCUT2D eigenvalue weighted by Gasteiger charge is -2.07. The standard InChI is InChI=1S/C21H27NO2S/c1-2-3-13-24-14-15-25-17-21(23)22-20-11-9-19(10-12-20)16-18-7-5-4-6-8-18/h4-12H,2-3,13-17H2,1H3,(H,22,23). The number of carbonyl (C=O) groups is 1. The highest BCUT2D eigenvalue weighted by molar-refractivity contribution is 7.99. The number of anilines is 1. The molecule has 3 nitrogen and oxygen atoms in total. The van der Waals surface area contributed by atoms with E-state index in [1.807, 2.05) is 18.2 Å². The predicted octanol–water partition coefficient (Wildman–Crippen LogP) is 4.77. The van der Waals surface area contributed by atoms with Crippen LogP contribution < -0.4 is 5.32 Å². The van der Waals surface area contributed by atoms with E-state index in [0.29, 0.717) is 12.4 Å². The third kappa shape index (κ3) is 8.23. The fourth-order valence-electron chi connectivity index (χ4n) is 2.37. The van der Waals surface area contributed by atoms with Crippen LogP contribution in [0.1, 0.15) is 30.9 Å². The number of amides is 1. The Bertz CT molecular complexity index is 614. The SMILES string of the molecule is CCCCOCCSCC(=O)Nc1ccc(Cc2ccccc2)cc1. The third-order valence-corrected chi connectivity index (χ3v) is 4.66. The van der Waals surface area contributed by atoms with Crippen LogP contribution in [-0.4, -0.2) is 30.6 Å². The van der Waals surface area contributed by atoms with Gasteiger partial charge in [0.2, 0.25) is 5.91 Å². The Labute approximate surface area is 155 Å². The van der Waals surface area contributed by atoms with Crippen molar-refractivity contribution in [2.24, 2.45) is 0 Å². The zero-order valence-corrected chi connectivity index (χ0v) is 15.7. The second-order valence-corrected chi connectivity index (χ2v) is 7.03. The van der Waals surface area contributed by atoms with Crippen molar-refractivity contribution in [3.63, 3.8) is 0 Å². The van der Waals surface area contributed by atoms with Crippen LogP contribution in [-0.2, 0) is 16.0 Å². The highest BCUT2D eigenvalue weighted by Crippen LogP contribution is 2.14. The normalized spacial score (nSPS) is 10.6. The Morgan fingerprint density at radius 1 is 1.00 bits per heavy atom. The Kier molecular flexibility index (Phi) is 9.16. The van der Waals surface area contributed by atoms with Gasteiger partial charge in [-0.25, -0.2) is 0 Å². The fourth-order valence-corrected chi connectivity index (χ4v) is 3.00. The summed E-state index contributed by atoms with van der Waals surface area (Å²) in [4.78, 5) is 12.0. The van der Waals surface area contributed by atoms with Gasteiger partial charge in [-0.05, 0) is 36.1 Å². The maximum atomic E-state index is 12.0. The van der Waals surface area contributed by atoms with Gasteiger partial charge < -0.3 is 10.1 Å². The Hall–Kier alpha value is -1.78. The summed E-state index contributed by atoms with van der Waals surface area (Å²) in [5.41, 5.74) is 3.38. The van der Waals surface area contributed by atoms with Crippen molar-refractivity contribution in [2.75, 3.05) is 30.0 Å². The van der Waals surface area contributed by atoms with E-state index in [1.54, 1.807) is 11.8 Å². The minimum Gasteiger partial charge on any atom is -0.381 e. The number of ether oxygens (including phenoxy) is 1. The molecule has 2 rings (SSSR count). The van der Waals surface area contributed by atoms with Gasteiger partial charge in [0.15, 0.2) is 0 Å². The van der Waals surface area contributed by atoms with Crippen molar-refractivity contribution < 1.29 is 9.53 Å². The molecule has 0 spiro atoms. The van der Waals surface area contributed by atoms with E-state index in [9.17, 15) is 4.79 Å². The summed E-state index contributed by atoms with van der Waals surface area (Å²) in [5.74, 6) is 1.35. The van der Waals surface area contributed by atoms with E-state index in [0.717, 1.165) is 37.3 Å². The number of thioether (sulfide) groups is 1. The first kappa shape index (κ1) is 19.5. The first-order chi connectivity index (χ1) is 12.3. The molecule has 0 atom stereocenters. The molecule has 2 aromatic carbocycles. The maximum absolute atomic E-state index is 12.0. The molecule has 0 aromatic heterocycles. The molecule has 0 heterocycles. The van der Waals surface area contributed by atoms with Crippen LogP contribution in [0.5, 0.6) is 0 Å². The summed E-state index contributed by atoms with van der Waals surface area (Å²) in [6.07, 6.45) is 3.16. The average molecular weight is 358 g/mol. The number of hydrogen-bond acceptors (Lipinski definition) is 3. The van der Waals surface area contributed by atoms with E-state index in [1.165, 1.54) is 11.1 Å². The number of rotatable bonds is 11. The monoisotopic (exact) mass is 357 g/mol. The molecule has 25 heavy (non-hydrogen) atoms. The summed E-state index contributed by atoms with van der Waals surface area (Å²) >= 11 is 1.61. The molecule has 1 N–H and O–H groups in total. The van der Waals surface area contributed by atoms with Crippen LogP contribution in [0, 0.1) is 0 Å². The zero-order valence-electron chi connectivity index (χ0n) is 14.9. The van der Waals surface area contributed by atoms with E-state index in [4.69, 9.17) is 4.74 Å². The molecule has 0 aliphatic rings. The van der Waals surface area contributed by atoms with Crippen LogP contribution in [0.3, 0.4) is 0 Å². The molecule has 134 valence electrons. The topological polar surface area (TPSA) is 38.3 Å². The van der Waals surface area contributed by atoms with Gasteiger partial charge >= 0.3 is 0 Å². The summed E-state index contributed by atoms with van der Waals surface area (Å²) in [6, 6.07) is 18.4. The number of benzene rings is 2. The molecule has 0 saturated carbocycles. The molecule has 4 heteroatoms. The second kappa shape index (κ2) is 11.7. The number of hydrogen-bond donors (Lipinski definition) is 1. The van der Waals surface area contributed by atoms with Crippen LogP contribution in [0.25, 0.3) is 0 Å². The van der Waals surface area contributed by atoms with E-state index < -0.39 is 0 Å². The zero-order chi connectivity index (χ0) is 17.7. The Morgan fingerprint density at radius 2 is 1.72 bits per heavy atom. The first-order valence-corrected chi connectivity index (χ1v) is 10.0. The summed E-state index contributed by atoms with van der Waals surface area (Å²) < 4.78 is 5.48. The van der Waals surface area contributed by atoms with Crippen molar-refractivity contribution in [1.82, 2.24) is 0 Å². The van der Waals surface area contributed by atoms with Gasteiger partial charge in [-0.1, -0.05) is 55.8 Å². The smallest absolute Gasteiger partial charge is 0.234 e. The molecule has 0 bridgehead atoms. The van der Waals surface area contributed by atoms with Crippen molar-refractivity contribution >= 4 is 23.4 Å². The molecular formula is C21H27NO2S. The van der Waals surface area contributed by atoms with Gasteiger partial charge in [0.25, 0.3) is 0 Å². The fraction of sp³-hybridized carbons (Fsp3) is 0.381. The molecule has 0 radical (unpaired) electrons. The molecule has 0 unspecified atom stereocenters. The van der Waals surface area contributed by atoms with Crippen LogP contribution >= 0.6 is 11.8 Å². The molecule has 0 aliphatic carbocycles. The maximum Gasteiger partial charge on any atom is 0.234 e. The van der Waals surface area contributed by atoms with Gasteiger partial charge in [0.1, 0.15) is 0 Å². The van der Waals surface area contributed by atoms with Crippen LogP contribution in [0.2, 0.25) is 0 Å². The van der Waals surface area contributed by atoms with E-state index in [-0.39, 0.29) is 5.91 Å². The van der Waals surface area contributed by atoms with Gasteiger partial charge in [0, 0.05) is 18.0 Å². The lowest BCUT2D eigenvalue weighted by atomic mass is 10.0. The van der Waals surface area contributed by atoms with Crippen molar-refractivity contribution in [2.45, 2.75) is 26.2 Å². The molecule has 0 fully saturated rings. The summed E-state index contributed by atoms with van der Waals surface area (Å²) in [5, 5.41) is 2.94. The number of unbranched alkanes of at least 4 members (excludes halogenated alkanes) is 1. The second-order valence-electron chi connectivity index (χ2n) is 5.93. The molecule has 0 aliphatic heterocycles. The quantitative estimate of drug-likeness (QED) is 0.589. The highest BCUT2D eigenvalue weighted by atomic mass is 32.2. The lowest BCUT2D eigenvalue weighted by molar-refractivity contribution is -0.113. The van der Waals surface area contributed by atoms with Gasteiger partial charge in [0.05, 0.1) is 12.4 Å². The number of nitrogens with one attached hydrogen (secondary N) is 1. The average Bonchev–Trinajstić information content (AvgIpc) is 2.63. The van der Waals surface area contributed by atoms with Crippen LogP contribution in [0.4, 0.5) is 5.69 Å². The summed E-state index contributed by atoms with van der Waals surface area (Å²) in [6.45, 7) is 3.68. The van der Waals surface area contributed by atoms with E-state index in [2.05, 4.69) is 48.6 Å². The molecular weight excluding hydrogens is 330 g/mol. The van der Waals surface area contributed by atoms with Gasteiger partial charge in [-0.2, -0.15) is 0 Å². The molecule has 1 amide bonds. The van der Waals surface area contributed by atoms with E-state index >= 15 is 0 Å². The minimum atomic E-state index is 0.0365. The lowest BCUT2D eigenvalue weighted by Crippen LogP contribution is -2.15. The Morgan fingerprint density at radius 3 is 2.44 bits per heavy atom. The van der Waals surface area contributed by atoms with Gasteiger partial charge in [-0.3, -0.25) is 4.79 Å². The largest absolute Gasteiger partial charge is 0.381 e. The first-order valence-electron chi connectivity index (χ1n) is 8.86. The van der Waals surface area contributed by atoms with Crippen LogP contribution in [0.15, 0.2) is 54.6 Å². The van der Waals surface area contributed by atoms with Gasteiger partial charge in [-0.15, -0.1) is 11.8 Å². The Balaban J connectivity index is 1.65. The van der Waals surface area contributed by atoms with Crippen molar-refractivity contribution in [1.29, 1.82) is 0 Å². The predicted molar refractivity (Wildman–Crippen MR) is 107 cm³/mol.